The summed E-state index contributed by atoms with van der Waals surface area (Å²) < 4.78 is 0. The van der Waals surface area contributed by atoms with Crippen LogP contribution >= 0.6 is 0 Å². The summed E-state index contributed by atoms with van der Waals surface area (Å²) in [6.07, 6.45) is 0. The van der Waals surface area contributed by atoms with E-state index in [2.05, 4.69) is 0 Å². The molecule has 0 aliphatic carbocycles. The maximum atomic E-state index is 10.1. The van der Waals surface area contributed by atoms with Gasteiger partial charge in [0, 0.05) is 0 Å². The van der Waals surface area contributed by atoms with Gasteiger partial charge >= 0.3 is 0 Å². The number of hydrogen-bond donors (Lipinski definition) is 0. The molecule has 1 aromatic carbocycles. The van der Waals surface area contributed by atoms with Gasteiger partial charge < -0.3 is 29.7 Å². The predicted octanol–water partition coefficient (Wildman–Crippen LogP) is -3.46. The summed E-state index contributed by atoms with van der Waals surface area (Å²) in [4.78, 5) is 27.9. The van der Waals surface area contributed by atoms with Crippen LogP contribution in [0.15, 0.2) is 30.3 Å². The number of aliphatic carboxylic acids is 2. The highest BCUT2D eigenvalue weighted by molar-refractivity contribution is 6.25. The lowest BCUT2D eigenvalue weighted by Gasteiger charge is -1.97. The lowest BCUT2D eigenvalue weighted by Crippen LogP contribution is -2.42. The van der Waals surface area contributed by atoms with Crippen LogP contribution in [0, 0.1) is 0 Å². The Hall–Kier alpha value is -2.37. The highest BCUT2D eigenvalue weighted by Crippen LogP contribution is 1.94. The van der Waals surface area contributed by atoms with E-state index in [-0.39, 0.29) is 5.56 Å². The van der Waals surface area contributed by atoms with E-state index in [1.165, 1.54) is 12.1 Å². The van der Waals surface area contributed by atoms with E-state index in [1.807, 2.05) is 0 Å². The Morgan fingerprint density at radius 2 is 1.20 bits per heavy atom. The summed E-state index contributed by atoms with van der Waals surface area (Å²) in [6.45, 7) is 0. The first-order valence-corrected chi connectivity index (χ1v) is 3.64. The first-order valence-electron chi connectivity index (χ1n) is 3.64. The summed E-state index contributed by atoms with van der Waals surface area (Å²) in [5.74, 6) is -5.50. The van der Waals surface area contributed by atoms with Crippen molar-refractivity contribution in [2.75, 3.05) is 0 Å². The molecule has 6 heteroatoms. The molecular formula is C9H5O6-3. The zero-order valence-electron chi connectivity index (χ0n) is 7.34. The predicted molar refractivity (Wildman–Crippen MR) is 40.8 cm³/mol. The molecule has 0 atom stereocenters. The maximum absolute atomic E-state index is 10.1. The lowest BCUT2D eigenvalue weighted by atomic mass is 10.2. The molecule has 1 aromatic rings. The number of rotatable bonds is 1. The van der Waals surface area contributed by atoms with Gasteiger partial charge in [0.15, 0.2) is 0 Å². The molecule has 6 nitrogen and oxygen atoms in total. The first-order chi connectivity index (χ1) is 6.95. The Morgan fingerprint density at radius 3 is 1.40 bits per heavy atom. The van der Waals surface area contributed by atoms with Crippen LogP contribution in [0.25, 0.3) is 0 Å². The van der Waals surface area contributed by atoms with E-state index in [4.69, 9.17) is 19.8 Å². The second kappa shape index (κ2) is 6.14. The van der Waals surface area contributed by atoms with Gasteiger partial charge in [0.25, 0.3) is 0 Å². The van der Waals surface area contributed by atoms with Crippen molar-refractivity contribution < 1.29 is 29.7 Å². The van der Waals surface area contributed by atoms with E-state index >= 15 is 0 Å². The summed E-state index contributed by atoms with van der Waals surface area (Å²) in [5, 5.41) is 27.9. The van der Waals surface area contributed by atoms with Crippen molar-refractivity contribution in [1.29, 1.82) is 0 Å². The quantitative estimate of drug-likeness (QED) is 0.443. The fourth-order valence-corrected chi connectivity index (χ4v) is 0.574. The second-order valence-electron chi connectivity index (χ2n) is 2.23. The third-order valence-electron chi connectivity index (χ3n) is 1.18. The largest absolute Gasteiger partial charge is 0.545 e. The molecule has 0 fully saturated rings. The molecule has 80 valence electrons. The van der Waals surface area contributed by atoms with Crippen molar-refractivity contribution in [1.82, 2.24) is 0 Å². The van der Waals surface area contributed by atoms with Gasteiger partial charge in [-0.25, -0.2) is 0 Å². The normalized spacial score (nSPS) is 8.27. The topological polar surface area (TPSA) is 120 Å². The second-order valence-corrected chi connectivity index (χ2v) is 2.23. The molecule has 0 aliphatic heterocycles. The number of carbonyl (C=O) groups is 3. The van der Waals surface area contributed by atoms with Gasteiger partial charge in [-0.05, 0) is 5.56 Å². The van der Waals surface area contributed by atoms with Crippen molar-refractivity contribution >= 4 is 17.9 Å². The van der Waals surface area contributed by atoms with Crippen molar-refractivity contribution in [3.63, 3.8) is 0 Å². The van der Waals surface area contributed by atoms with Gasteiger partial charge in [-0.2, -0.15) is 0 Å². The van der Waals surface area contributed by atoms with Gasteiger partial charge in [0.05, 0.1) is 17.9 Å². The Labute approximate surface area is 84.4 Å². The Balaban J connectivity index is 0.000000288. The standard InChI is InChI=1S/C7H6O2.C2H2O4/c8-7(9)6-4-2-1-3-5-6;3-1(4)2(5)6/h1-5H,(H,8,9);(H,3,4)(H,5,6)/p-3. The highest BCUT2D eigenvalue weighted by Gasteiger charge is 1.85. The molecule has 0 spiro atoms. The summed E-state index contributed by atoms with van der Waals surface area (Å²) in [5.41, 5.74) is 0.220. The van der Waals surface area contributed by atoms with Crippen LogP contribution in [-0.2, 0) is 9.59 Å². The number of aromatic carboxylic acids is 1. The number of carbonyl (C=O) groups excluding carboxylic acids is 3. The minimum absolute atomic E-state index is 0.220. The molecule has 0 saturated carbocycles. The molecule has 0 aliphatic rings. The van der Waals surface area contributed by atoms with Crippen LogP contribution in [0.4, 0.5) is 0 Å². The third-order valence-corrected chi connectivity index (χ3v) is 1.18. The van der Waals surface area contributed by atoms with Crippen LogP contribution in [0.1, 0.15) is 10.4 Å². The lowest BCUT2D eigenvalue weighted by molar-refractivity contribution is -0.345. The smallest absolute Gasteiger partial charge is 0.0870 e. The van der Waals surface area contributed by atoms with E-state index in [9.17, 15) is 9.90 Å². The third kappa shape index (κ3) is 5.81. The summed E-state index contributed by atoms with van der Waals surface area (Å²) in [6, 6.07) is 8.06. The molecule has 0 radical (unpaired) electrons. The molecule has 0 N–H and O–H groups in total. The molecule has 0 unspecified atom stereocenters. The molecule has 0 amide bonds. The SMILES string of the molecule is O=C([O-])C(=O)[O-].O=C([O-])c1ccccc1. The van der Waals surface area contributed by atoms with E-state index in [0.29, 0.717) is 0 Å². The first kappa shape index (κ1) is 12.6. The summed E-state index contributed by atoms with van der Waals surface area (Å²) in [7, 11) is 0. The van der Waals surface area contributed by atoms with Crippen molar-refractivity contribution in [2.45, 2.75) is 0 Å². The van der Waals surface area contributed by atoms with E-state index < -0.39 is 17.9 Å². The van der Waals surface area contributed by atoms with Gasteiger partial charge in [-0.3, -0.25) is 0 Å². The van der Waals surface area contributed by atoms with Crippen molar-refractivity contribution in [3.8, 4) is 0 Å². The fraction of sp³-hybridized carbons (Fsp3) is 0. The molecule has 1 rings (SSSR count). The van der Waals surface area contributed by atoms with Crippen molar-refractivity contribution in [3.05, 3.63) is 35.9 Å². The van der Waals surface area contributed by atoms with Gasteiger partial charge in [-0.15, -0.1) is 0 Å². The van der Waals surface area contributed by atoms with Gasteiger partial charge in [0.1, 0.15) is 0 Å². The van der Waals surface area contributed by atoms with E-state index in [1.54, 1.807) is 18.2 Å². The Bertz CT molecular complexity index is 344. The molecule has 15 heavy (non-hydrogen) atoms. The average Bonchev–Trinajstić information content (AvgIpc) is 2.20. The van der Waals surface area contributed by atoms with Crippen LogP contribution in [0.5, 0.6) is 0 Å². The number of hydrogen-bond acceptors (Lipinski definition) is 6. The number of carboxylic acids is 3. The zero-order valence-corrected chi connectivity index (χ0v) is 7.34. The number of carboxylic acid groups (broad SMARTS) is 3. The van der Waals surface area contributed by atoms with Crippen LogP contribution < -0.4 is 15.3 Å². The molecule has 0 aromatic heterocycles. The summed E-state index contributed by atoms with van der Waals surface area (Å²) >= 11 is 0. The van der Waals surface area contributed by atoms with Crippen LogP contribution in [0.3, 0.4) is 0 Å². The maximum Gasteiger partial charge on any atom is 0.0870 e. The van der Waals surface area contributed by atoms with Crippen molar-refractivity contribution in [2.24, 2.45) is 0 Å². The Kier molecular flexibility index (Phi) is 5.17. The molecule has 0 bridgehead atoms. The highest BCUT2D eigenvalue weighted by atomic mass is 16.4. The van der Waals surface area contributed by atoms with E-state index in [0.717, 1.165) is 0 Å². The molecular weight excluding hydrogens is 204 g/mol. The average molecular weight is 209 g/mol. The fourth-order valence-electron chi connectivity index (χ4n) is 0.574. The van der Waals surface area contributed by atoms with Crippen LogP contribution in [-0.4, -0.2) is 17.9 Å². The Morgan fingerprint density at radius 1 is 0.800 bits per heavy atom. The molecule has 0 heterocycles. The monoisotopic (exact) mass is 209 g/mol. The molecule has 0 saturated heterocycles. The minimum Gasteiger partial charge on any atom is -0.545 e. The van der Waals surface area contributed by atoms with Gasteiger partial charge in [0.2, 0.25) is 0 Å². The zero-order chi connectivity index (χ0) is 11.8. The van der Waals surface area contributed by atoms with Crippen LogP contribution in [0.2, 0.25) is 0 Å². The number of benzene rings is 1. The minimum atomic E-state index is -2.19. The van der Waals surface area contributed by atoms with Gasteiger partial charge in [-0.1, -0.05) is 30.3 Å².